The van der Waals surface area contributed by atoms with Crippen molar-refractivity contribution in [3.05, 3.63) is 30.1 Å². The lowest BCUT2D eigenvalue weighted by Crippen LogP contribution is -2.36. The van der Waals surface area contributed by atoms with E-state index in [0.29, 0.717) is 18.9 Å². The molecule has 1 saturated carbocycles. The number of carbonyl (C=O) groups excluding carboxylic acids is 1. The van der Waals surface area contributed by atoms with Gasteiger partial charge in [0.25, 0.3) is 0 Å². The van der Waals surface area contributed by atoms with Gasteiger partial charge in [0, 0.05) is 31.4 Å². The summed E-state index contributed by atoms with van der Waals surface area (Å²) in [5.41, 5.74) is 7.07. The number of nitrogens with one attached hydrogen (secondary N) is 1. The molecular formula is C14H23Cl2N3O. The molecule has 6 heteroatoms. The number of rotatable bonds is 4. The van der Waals surface area contributed by atoms with E-state index in [4.69, 9.17) is 5.73 Å². The Morgan fingerprint density at radius 2 is 2.10 bits per heavy atom. The minimum Gasteiger partial charge on any atom is -0.352 e. The Bertz CT molecular complexity index is 389. The van der Waals surface area contributed by atoms with Crippen LogP contribution >= 0.6 is 24.8 Å². The van der Waals surface area contributed by atoms with Crippen molar-refractivity contribution in [2.24, 2.45) is 11.7 Å². The van der Waals surface area contributed by atoms with Crippen molar-refractivity contribution in [2.45, 2.75) is 44.7 Å². The van der Waals surface area contributed by atoms with Crippen molar-refractivity contribution in [3.63, 3.8) is 0 Å². The zero-order valence-electron chi connectivity index (χ0n) is 11.5. The number of pyridine rings is 1. The van der Waals surface area contributed by atoms with Gasteiger partial charge in [0.15, 0.2) is 0 Å². The minimum absolute atomic E-state index is 0. The van der Waals surface area contributed by atoms with Crippen LogP contribution in [-0.4, -0.2) is 16.9 Å². The highest BCUT2D eigenvalue weighted by atomic mass is 35.5. The first-order valence-corrected chi connectivity index (χ1v) is 6.67. The monoisotopic (exact) mass is 319 g/mol. The standard InChI is InChI=1S/C14H21N3O.2ClH/c15-13-6-2-1-5-12(13)8-14(18)17-10-11-4-3-7-16-9-11;;/h3-4,7,9,12-13H,1-2,5-6,8,10,15H2,(H,17,18);2*1H. The SMILES string of the molecule is Cl.Cl.NC1CCCCC1CC(=O)NCc1cccnc1. The molecule has 1 fully saturated rings. The van der Waals surface area contributed by atoms with Gasteiger partial charge in [-0.2, -0.15) is 0 Å². The third-order valence-electron chi connectivity index (χ3n) is 3.63. The van der Waals surface area contributed by atoms with Crippen LogP contribution in [0.1, 0.15) is 37.7 Å². The fourth-order valence-electron chi connectivity index (χ4n) is 2.50. The Morgan fingerprint density at radius 1 is 1.35 bits per heavy atom. The van der Waals surface area contributed by atoms with E-state index < -0.39 is 0 Å². The Hall–Kier alpha value is -0.840. The molecule has 0 bridgehead atoms. The van der Waals surface area contributed by atoms with Crippen molar-refractivity contribution in [1.82, 2.24) is 10.3 Å². The number of hydrogen-bond donors (Lipinski definition) is 2. The molecule has 0 saturated heterocycles. The van der Waals surface area contributed by atoms with E-state index in [1.54, 1.807) is 12.4 Å². The third-order valence-corrected chi connectivity index (χ3v) is 3.63. The number of hydrogen-bond acceptors (Lipinski definition) is 3. The molecule has 4 nitrogen and oxygen atoms in total. The lowest BCUT2D eigenvalue weighted by atomic mass is 9.83. The lowest BCUT2D eigenvalue weighted by Gasteiger charge is -2.27. The second-order valence-electron chi connectivity index (χ2n) is 5.05. The first kappa shape index (κ1) is 19.2. The van der Waals surface area contributed by atoms with Crippen molar-refractivity contribution in [2.75, 3.05) is 0 Å². The molecule has 2 rings (SSSR count). The van der Waals surface area contributed by atoms with E-state index >= 15 is 0 Å². The number of aromatic nitrogens is 1. The van der Waals surface area contributed by atoms with E-state index in [1.165, 1.54) is 12.8 Å². The Balaban J connectivity index is 0.00000180. The summed E-state index contributed by atoms with van der Waals surface area (Å²) in [5, 5.41) is 2.93. The minimum atomic E-state index is 0. The zero-order chi connectivity index (χ0) is 12.8. The summed E-state index contributed by atoms with van der Waals surface area (Å²) in [4.78, 5) is 15.9. The maximum Gasteiger partial charge on any atom is 0.220 e. The van der Waals surface area contributed by atoms with Crippen LogP contribution in [-0.2, 0) is 11.3 Å². The highest BCUT2D eigenvalue weighted by Gasteiger charge is 2.23. The molecule has 2 unspecified atom stereocenters. The first-order valence-electron chi connectivity index (χ1n) is 6.67. The predicted molar refractivity (Wildman–Crippen MR) is 85.1 cm³/mol. The molecule has 1 aliphatic rings. The maximum absolute atomic E-state index is 11.8. The summed E-state index contributed by atoms with van der Waals surface area (Å²) in [6, 6.07) is 4.03. The molecule has 1 heterocycles. The highest BCUT2D eigenvalue weighted by Crippen LogP contribution is 2.25. The molecular weight excluding hydrogens is 297 g/mol. The van der Waals surface area contributed by atoms with E-state index in [0.717, 1.165) is 18.4 Å². The molecule has 0 spiro atoms. The molecule has 3 N–H and O–H groups in total. The molecule has 2 atom stereocenters. The van der Waals surface area contributed by atoms with E-state index in [9.17, 15) is 4.79 Å². The summed E-state index contributed by atoms with van der Waals surface area (Å²) < 4.78 is 0. The van der Waals surface area contributed by atoms with Crippen LogP contribution in [0.15, 0.2) is 24.5 Å². The Kier molecular flexibility index (Phi) is 9.55. The van der Waals surface area contributed by atoms with Gasteiger partial charge < -0.3 is 11.1 Å². The maximum atomic E-state index is 11.8. The van der Waals surface area contributed by atoms with Crippen LogP contribution in [0, 0.1) is 5.92 Å². The van der Waals surface area contributed by atoms with Crippen LogP contribution in [0.25, 0.3) is 0 Å². The smallest absolute Gasteiger partial charge is 0.220 e. The van der Waals surface area contributed by atoms with Crippen molar-refractivity contribution < 1.29 is 4.79 Å². The fraction of sp³-hybridized carbons (Fsp3) is 0.571. The largest absolute Gasteiger partial charge is 0.352 e. The number of halogens is 2. The number of carbonyl (C=O) groups is 1. The average Bonchev–Trinajstić information content (AvgIpc) is 2.40. The highest BCUT2D eigenvalue weighted by molar-refractivity contribution is 5.85. The first-order chi connectivity index (χ1) is 8.75. The molecule has 1 aromatic heterocycles. The summed E-state index contributed by atoms with van der Waals surface area (Å²) in [6.45, 7) is 0.550. The summed E-state index contributed by atoms with van der Waals surface area (Å²) in [7, 11) is 0. The van der Waals surface area contributed by atoms with Gasteiger partial charge in [-0.3, -0.25) is 9.78 Å². The quantitative estimate of drug-likeness (QED) is 0.895. The third kappa shape index (κ3) is 6.07. The molecule has 114 valence electrons. The molecule has 0 aliphatic heterocycles. The second kappa shape index (κ2) is 9.97. The van der Waals surface area contributed by atoms with Crippen LogP contribution in [0.2, 0.25) is 0 Å². The van der Waals surface area contributed by atoms with Crippen LogP contribution < -0.4 is 11.1 Å². The normalized spacial score (nSPS) is 21.2. The molecule has 1 aromatic rings. The zero-order valence-corrected chi connectivity index (χ0v) is 13.1. The summed E-state index contributed by atoms with van der Waals surface area (Å²) >= 11 is 0. The topological polar surface area (TPSA) is 68.0 Å². The lowest BCUT2D eigenvalue weighted by molar-refractivity contribution is -0.122. The summed E-state index contributed by atoms with van der Waals surface area (Å²) in [6.07, 6.45) is 8.60. The van der Waals surface area contributed by atoms with Crippen LogP contribution in [0.3, 0.4) is 0 Å². The van der Waals surface area contributed by atoms with Crippen LogP contribution in [0.4, 0.5) is 0 Å². The van der Waals surface area contributed by atoms with Crippen LogP contribution in [0.5, 0.6) is 0 Å². The van der Waals surface area contributed by atoms with E-state index in [1.807, 2.05) is 12.1 Å². The van der Waals surface area contributed by atoms with Crippen molar-refractivity contribution in [1.29, 1.82) is 0 Å². The second-order valence-corrected chi connectivity index (χ2v) is 5.05. The van der Waals surface area contributed by atoms with Gasteiger partial charge in [-0.05, 0) is 30.4 Å². The summed E-state index contributed by atoms with van der Waals surface area (Å²) in [5.74, 6) is 0.453. The van der Waals surface area contributed by atoms with Gasteiger partial charge >= 0.3 is 0 Å². The fourth-order valence-corrected chi connectivity index (χ4v) is 2.50. The van der Waals surface area contributed by atoms with E-state index in [2.05, 4.69) is 10.3 Å². The molecule has 0 radical (unpaired) electrons. The average molecular weight is 320 g/mol. The molecule has 1 aliphatic carbocycles. The van der Waals surface area contributed by atoms with Crippen molar-refractivity contribution >= 4 is 30.7 Å². The van der Waals surface area contributed by atoms with Gasteiger partial charge in [0.05, 0.1) is 0 Å². The van der Waals surface area contributed by atoms with Gasteiger partial charge in [-0.1, -0.05) is 18.9 Å². The Morgan fingerprint density at radius 3 is 2.75 bits per heavy atom. The number of amides is 1. The molecule has 20 heavy (non-hydrogen) atoms. The van der Waals surface area contributed by atoms with Gasteiger partial charge in [-0.25, -0.2) is 0 Å². The Labute approximate surface area is 132 Å². The number of nitrogens with two attached hydrogens (primary N) is 1. The van der Waals surface area contributed by atoms with Crippen molar-refractivity contribution in [3.8, 4) is 0 Å². The molecule has 1 amide bonds. The van der Waals surface area contributed by atoms with E-state index in [-0.39, 0.29) is 36.8 Å². The van der Waals surface area contributed by atoms with Gasteiger partial charge in [-0.15, -0.1) is 24.8 Å². The molecule has 0 aromatic carbocycles. The predicted octanol–water partition coefficient (Wildman–Crippen LogP) is 2.45. The number of nitrogens with zero attached hydrogens (tertiary/aromatic N) is 1. The van der Waals surface area contributed by atoms with Gasteiger partial charge in [0.1, 0.15) is 0 Å². The van der Waals surface area contributed by atoms with Gasteiger partial charge in [0.2, 0.25) is 5.91 Å².